The first kappa shape index (κ1) is 11.2. The molecule has 0 spiro atoms. The number of hydrogen-bond acceptors (Lipinski definition) is 0. The van der Waals surface area contributed by atoms with Crippen molar-refractivity contribution in [2.24, 2.45) is 0 Å². The maximum absolute atomic E-state index is 2.38. The van der Waals surface area contributed by atoms with Crippen LogP contribution in [0.2, 0.25) is 0 Å². The highest BCUT2D eigenvalue weighted by Gasteiger charge is 2.03. The van der Waals surface area contributed by atoms with E-state index in [-0.39, 0.29) is 0 Å². The number of benzene rings is 2. The van der Waals surface area contributed by atoms with Gasteiger partial charge in [0.05, 0.1) is 0 Å². The van der Waals surface area contributed by atoms with Gasteiger partial charge in [-0.1, -0.05) is 63.1 Å². The largest absolute Gasteiger partial charge is 0.0651 e. The Morgan fingerprint density at radius 2 is 1.19 bits per heavy atom. The van der Waals surface area contributed by atoms with Crippen molar-refractivity contribution < 1.29 is 0 Å². The van der Waals surface area contributed by atoms with Crippen molar-refractivity contribution in [2.75, 3.05) is 0 Å². The van der Waals surface area contributed by atoms with Crippen LogP contribution in [0, 0.1) is 0 Å². The Morgan fingerprint density at radius 3 is 1.56 bits per heavy atom. The van der Waals surface area contributed by atoms with Gasteiger partial charge in [-0.25, -0.2) is 0 Å². The first-order chi connectivity index (χ1) is 7.85. The van der Waals surface area contributed by atoms with Crippen LogP contribution in [0.3, 0.4) is 0 Å². The standard InChI is InChI=1S/C16H20/c1-3-7-13-11-15-9-5-6-10-16(15)12-14(13)8-4-2/h5-6,9-12H,3-4,7-8H2,1-2H3. The van der Waals surface area contributed by atoms with Gasteiger partial charge in [0.1, 0.15) is 0 Å². The molecule has 0 heteroatoms. The molecule has 0 aliphatic rings. The van der Waals surface area contributed by atoms with Crippen molar-refractivity contribution in [1.29, 1.82) is 0 Å². The summed E-state index contributed by atoms with van der Waals surface area (Å²) in [5.41, 5.74) is 3.09. The van der Waals surface area contributed by atoms with Gasteiger partial charge in [0, 0.05) is 0 Å². The van der Waals surface area contributed by atoms with E-state index in [1.54, 1.807) is 11.1 Å². The Morgan fingerprint density at radius 1 is 0.750 bits per heavy atom. The van der Waals surface area contributed by atoms with Gasteiger partial charge >= 0.3 is 0 Å². The van der Waals surface area contributed by atoms with Gasteiger partial charge in [-0.2, -0.15) is 0 Å². The molecule has 0 nitrogen and oxygen atoms in total. The van der Waals surface area contributed by atoms with Crippen LogP contribution in [0.5, 0.6) is 0 Å². The fourth-order valence-electron chi connectivity index (χ4n) is 2.34. The lowest BCUT2D eigenvalue weighted by molar-refractivity contribution is 0.864. The lowest BCUT2D eigenvalue weighted by Crippen LogP contribution is -1.94. The molecule has 0 aliphatic carbocycles. The molecule has 0 saturated heterocycles. The minimum Gasteiger partial charge on any atom is -0.0651 e. The van der Waals surface area contributed by atoms with Gasteiger partial charge in [0.25, 0.3) is 0 Å². The van der Waals surface area contributed by atoms with Gasteiger partial charge in [-0.15, -0.1) is 0 Å². The van der Waals surface area contributed by atoms with E-state index < -0.39 is 0 Å². The number of hydrogen-bond donors (Lipinski definition) is 0. The van der Waals surface area contributed by atoms with Crippen LogP contribution in [0.1, 0.15) is 37.8 Å². The van der Waals surface area contributed by atoms with Crippen molar-refractivity contribution in [2.45, 2.75) is 39.5 Å². The van der Waals surface area contributed by atoms with Crippen LogP contribution in [-0.4, -0.2) is 0 Å². The summed E-state index contributed by atoms with van der Waals surface area (Å²) < 4.78 is 0. The average Bonchev–Trinajstić information content (AvgIpc) is 2.30. The second kappa shape index (κ2) is 5.16. The van der Waals surface area contributed by atoms with Crippen molar-refractivity contribution in [1.82, 2.24) is 0 Å². The van der Waals surface area contributed by atoms with E-state index in [0.717, 1.165) is 0 Å². The quantitative estimate of drug-likeness (QED) is 0.686. The molecule has 0 unspecified atom stereocenters. The summed E-state index contributed by atoms with van der Waals surface area (Å²) in [6, 6.07) is 13.4. The molecule has 0 fully saturated rings. The molecule has 0 amide bonds. The minimum atomic E-state index is 1.21. The summed E-state index contributed by atoms with van der Waals surface area (Å²) >= 11 is 0. The van der Waals surface area contributed by atoms with Gasteiger partial charge < -0.3 is 0 Å². The van der Waals surface area contributed by atoms with Crippen LogP contribution in [0.25, 0.3) is 10.8 Å². The monoisotopic (exact) mass is 212 g/mol. The Kier molecular flexibility index (Phi) is 3.61. The van der Waals surface area contributed by atoms with Crippen LogP contribution in [0.4, 0.5) is 0 Å². The van der Waals surface area contributed by atoms with E-state index in [2.05, 4.69) is 50.2 Å². The topological polar surface area (TPSA) is 0 Å². The zero-order valence-corrected chi connectivity index (χ0v) is 10.3. The maximum Gasteiger partial charge on any atom is -0.0181 e. The lowest BCUT2D eigenvalue weighted by atomic mass is 9.95. The highest BCUT2D eigenvalue weighted by atomic mass is 14.1. The molecule has 0 atom stereocenters. The van der Waals surface area contributed by atoms with Crippen molar-refractivity contribution in [3.8, 4) is 0 Å². The average molecular weight is 212 g/mol. The zero-order valence-electron chi connectivity index (χ0n) is 10.3. The SMILES string of the molecule is CCCc1cc2ccccc2cc1CCC. The fraction of sp³-hybridized carbons (Fsp3) is 0.375. The highest BCUT2D eigenvalue weighted by Crippen LogP contribution is 2.22. The predicted molar refractivity (Wildman–Crippen MR) is 71.9 cm³/mol. The third-order valence-electron chi connectivity index (χ3n) is 3.11. The van der Waals surface area contributed by atoms with Gasteiger partial charge in [0.15, 0.2) is 0 Å². The summed E-state index contributed by atoms with van der Waals surface area (Å²) in [5.74, 6) is 0. The first-order valence-electron chi connectivity index (χ1n) is 6.35. The number of rotatable bonds is 4. The van der Waals surface area contributed by atoms with E-state index in [0.29, 0.717) is 0 Å². The van der Waals surface area contributed by atoms with Crippen molar-refractivity contribution in [3.63, 3.8) is 0 Å². The second-order valence-corrected chi connectivity index (χ2v) is 4.47. The third-order valence-corrected chi connectivity index (χ3v) is 3.11. The normalized spacial score (nSPS) is 10.9. The van der Waals surface area contributed by atoms with Gasteiger partial charge in [-0.05, 0) is 34.7 Å². The third kappa shape index (κ3) is 2.27. The minimum absolute atomic E-state index is 1.21. The summed E-state index contributed by atoms with van der Waals surface area (Å²) in [7, 11) is 0. The molecular formula is C16H20. The van der Waals surface area contributed by atoms with Crippen molar-refractivity contribution >= 4 is 10.8 Å². The van der Waals surface area contributed by atoms with Crippen LogP contribution < -0.4 is 0 Å². The molecule has 2 rings (SSSR count). The van der Waals surface area contributed by atoms with Gasteiger partial charge in [0.2, 0.25) is 0 Å². The van der Waals surface area contributed by atoms with Gasteiger partial charge in [-0.3, -0.25) is 0 Å². The maximum atomic E-state index is 2.38. The molecule has 0 radical (unpaired) electrons. The van der Waals surface area contributed by atoms with E-state index in [9.17, 15) is 0 Å². The Balaban J connectivity index is 2.51. The Bertz CT molecular complexity index is 424. The summed E-state index contributed by atoms with van der Waals surface area (Å²) in [6.07, 6.45) is 4.88. The lowest BCUT2D eigenvalue weighted by Gasteiger charge is -2.10. The molecule has 0 bridgehead atoms. The molecule has 84 valence electrons. The van der Waals surface area contributed by atoms with E-state index >= 15 is 0 Å². The van der Waals surface area contributed by atoms with Crippen LogP contribution in [0.15, 0.2) is 36.4 Å². The number of fused-ring (bicyclic) bond motifs is 1. The molecule has 0 saturated carbocycles. The van der Waals surface area contributed by atoms with E-state index in [1.165, 1.54) is 36.5 Å². The molecular weight excluding hydrogens is 192 g/mol. The van der Waals surface area contributed by atoms with Crippen molar-refractivity contribution in [3.05, 3.63) is 47.5 Å². The molecule has 2 aromatic carbocycles. The summed E-state index contributed by atoms with van der Waals surface area (Å²) in [4.78, 5) is 0. The molecule has 2 aromatic rings. The zero-order chi connectivity index (χ0) is 11.4. The molecule has 16 heavy (non-hydrogen) atoms. The van der Waals surface area contributed by atoms with Crippen LogP contribution in [-0.2, 0) is 12.8 Å². The van der Waals surface area contributed by atoms with Crippen LogP contribution >= 0.6 is 0 Å². The Labute approximate surface area is 98.3 Å². The molecule has 0 heterocycles. The molecule has 0 aliphatic heterocycles. The predicted octanol–water partition coefficient (Wildman–Crippen LogP) is 4.74. The first-order valence-corrected chi connectivity index (χ1v) is 6.35. The summed E-state index contributed by atoms with van der Waals surface area (Å²) in [5, 5.41) is 2.76. The fourth-order valence-corrected chi connectivity index (χ4v) is 2.34. The highest BCUT2D eigenvalue weighted by molar-refractivity contribution is 5.84. The second-order valence-electron chi connectivity index (χ2n) is 4.47. The van der Waals surface area contributed by atoms with E-state index in [4.69, 9.17) is 0 Å². The Hall–Kier alpha value is -1.30. The smallest absolute Gasteiger partial charge is 0.0181 e. The van der Waals surface area contributed by atoms with E-state index in [1.807, 2.05) is 0 Å². The molecule has 0 aromatic heterocycles. The molecule has 0 N–H and O–H groups in total. The summed E-state index contributed by atoms with van der Waals surface area (Å²) in [6.45, 7) is 4.51. The number of aryl methyl sites for hydroxylation is 2.